The van der Waals surface area contributed by atoms with Gasteiger partial charge in [-0.2, -0.15) is 0 Å². The Morgan fingerprint density at radius 1 is 0.938 bits per heavy atom. The van der Waals surface area contributed by atoms with Crippen LogP contribution < -0.4 is 0 Å². The van der Waals surface area contributed by atoms with E-state index < -0.39 is 0 Å². The predicted molar refractivity (Wildman–Crippen MR) is 67.3 cm³/mol. The summed E-state index contributed by atoms with van der Waals surface area (Å²) in [6.07, 6.45) is 11.2. The maximum atomic E-state index is 12.6. The third-order valence-corrected chi connectivity index (χ3v) is 4.86. The molecule has 0 saturated heterocycles. The minimum atomic E-state index is 0.271. The third-order valence-electron chi connectivity index (χ3n) is 4.86. The summed E-state index contributed by atoms with van der Waals surface area (Å²) in [7, 11) is 0. The number of carbonyl (C=O) groups excluding carboxylic acids is 1. The molecule has 92 valence electrons. The highest BCUT2D eigenvalue weighted by Crippen LogP contribution is 2.43. The average molecular weight is 222 g/mol. The molecule has 1 heteroatoms. The zero-order chi connectivity index (χ0) is 11.6. The number of hydrogen-bond acceptors (Lipinski definition) is 1. The molecule has 0 radical (unpaired) electrons. The van der Waals surface area contributed by atoms with Crippen LogP contribution in [0.4, 0.5) is 0 Å². The van der Waals surface area contributed by atoms with Crippen LogP contribution in [0, 0.1) is 17.3 Å². The van der Waals surface area contributed by atoms with Gasteiger partial charge in [-0.1, -0.05) is 46.0 Å². The van der Waals surface area contributed by atoms with Crippen LogP contribution in [0.25, 0.3) is 0 Å². The highest BCUT2D eigenvalue weighted by Gasteiger charge is 2.39. The zero-order valence-electron chi connectivity index (χ0n) is 10.9. The molecule has 1 atom stereocenters. The van der Waals surface area contributed by atoms with Gasteiger partial charge in [-0.05, 0) is 31.1 Å². The molecule has 0 aromatic heterocycles. The molecule has 0 aromatic carbocycles. The molecule has 0 aromatic rings. The minimum absolute atomic E-state index is 0.271. The van der Waals surface area contributed by atoms with Crippen molar-refractivity contribution in [3.63, 3.8) is 0 Å². The van der Waals surface area contributed by atoms with Crippen LogP contribution in [0.15, 0.2) is 0 Å². The summed E-state index contributed by atoms with van der Waals surface area (Å²) >= 11 is 0. The molecular weight excluding hydrogens is 196 g/mol. The van der Waals surface area contributed by atoms with Gasteiger partial charge in [0.2, 0.25) is 0 Å². The van der Waals surface area contributed by atoms with Crippen LogP contribution >= 0.6 is 0 Å². The van der Waals surface area contributed by atoms with Gasteiger partial charge in [0.05, 0.1) is 0 Å². The normalized spacial score (nSPS) is 31.2. The first-order valence-corrected chi connectivity index (χ1v) is 7.15. The maximum Gasteiger partial charge on any atom is 0.139 e. The third kappa shape index (κ3) is 2.49. The van der Waals surface area contributed by atoms with E-state index in [4.69, 9.17) is 0 Å². The van der Waals surface area contributed by atoms with Gasteiger partial charge in [0.1, 0.15) is 5.78 Å². The topological polar surface area (TPSA) is 17.1 Å². The lowest BCUT2D eigenvalue weighted by Gasteiger charge is -2.39. The lowest BCUT2D eigenvalue weighted by atomic mass is 9.64. The van der Waals surface area contributed by atoms with Crippen molar-refractivity contribution in [2.24, 2.45) is 17.3 Å². The largest absolute Gasteiger partial charge is 0.299 e. The highest BCUT2D eigenvalue weighted by atomic mass is 16.1. The van der Waals surface area contributed by atoms with Crippen LogP contribution in [0.1, 0.15) is 71.6 Å². The van der Waals surface area contributed by atoms with Crippen LogP contribution in [0.2, 0.25) is 0 Å². The zero-order valence-corrected chi connectivity index (χ0v) is 10.9. The lowest BCUT2D eigenvalue weighted by Crippen LogP contribution is -2.38. The number of carbonyl (C=O) groups is 1. The van der Waals surface area contributed by atoms with Crippen LogP contribution in [-0.2, 0) is 4.79 Å². The molecule has 2 aliphatic rings. The molecule has 0 heterocycles. The van der Waals surface area contributed by atoms with Crippen LogP contribution in [0.5, 0.6) is 0 Å². The van der Waals surface area contributed by atoms with Crippen molar-refractivity contribution in [1.29, 1.82) is 0 Å². The molecule has 0 bridgehead atoms. The van der Waals surface area contributed by atoms with E-state index in [0.717, 1.165) is 6.42 Å². The number of ketones is 1. The van der Waals surface area contributed by atoms with Crippen molar-refractivity contribution < 1.29 is 4.79 Å². The Morgan fingerprint density at radius 3 is 2.19 bits per heavy atom. The molecule has 0 N–H and O–H groups in total. The van der Waals surface area contributed by atoms with Gasteiger partial charge in [0, 0.05) is 11.8 Å². The van der Waals surface area contributed by atoms with Crippen molar-refractivity contribution >= 4 is 5.78 Å². The van der Waals surface area contributed by atoms with Gasteiger partial charge < -0.3 is 0 Å². The smallest absolute Gasteiger partial charge is 0.139 e. The predicted octanol–water partition coefficient (Wildman–Crippen LogP) is 4.35. The second-order valence-electron chi connectivity index (χ2n) is 6.52. The Labute approximate surface area is 100.0 Å². The summed E-state index contributed by atoms with van der Waals surface area (Å²) in [6, 6.07) is 0. The van der Waals surface area contributed by atoms with Gasteiger partial charge >= 0.3 is 0 Å². The fraction of sp³-hybridized carbons (Fsp3) is 0.933. The Morgan fingerprint density at radius 2 is 1.56 bits per heavy atom. The summed E-state index contributed by atoms with van der Waals surface area (Å²) in [4.78, 5) is 12.6. The summed E-state index contributed by atoms with van der Waals surface area (Å²) in [5, 5.41) is 0. The standard InChI is InChI=1S/C15H26O/c1-15(2)11-7-6-10-13(15)14(16)12-8-4-3-5-9-12/h12-13H,3-11H2,1-2H3. The van der Waals surface area contributed by atoms with E-state index >= 15 is 0 Å². The first-order chi connectivity index (χ1) is 7.61. The first-order valence-electron chi connectivity index (χ1n) is 7.15. The SMILES string of the molecule is CC1(C)CCCCC1C(=O)C1CCCCC1. The molecule has 0 aliphatic heterocycles. The number of hydrogen-bond donors (Lipinski definition) is 0. The summed E-state index contributed by atoms with van der Waals surface area (Å²) in [6.45, 7) is 4.61. The van der Waals surface area contributed by atoms with Gasteiger partial charge in [-0.3, -0.25) is 4.79 Å². The summed E-state index contributed by atoms with van der Waals surface area (Å²) in [5.41, 5.74) is 0.271. The molecule has 2 saturated carbocycles. The van der Waals surface area contributed by atoms with Gasteiger partial charge in [0.25, 0.3) is 0 Å². The molecule has 0 spiro atoms. The van der Waals surface area contributed by atoms with E-state index in [-0.39, 0.29) is 5.41 Å². The van der Waals surface area contributed by atoms with Gasteiger partial charge in [-0.15, -0.1) is 0 Å². The van der Waals surface area contributed by atoms with Crippen LogP contribution in [0.3, 0.4) is 0 Å². The summed E-state index contributed by atoms with van der Waals surface area (Å²) in [5.74, 6) is 1.39. The van der Waals surface area contributed by atoms with Gasteiger partial charge in [0.15, 0.2) is 0 Å². The van der Waals surface area contributed by atoms with Crippen molar-refractivity contribution in [2.75, 3.05) is 0 Å². The van der Waals surface area contributed by atoms with E-state index in [1.54, 1.807) is 0 Å². The first kappa shape index (κ1) is 12.1. The second kappa shape index (κ2) is 4.89. The Balaban J connectivity index is 2.01. The molecule has 1 unspecified atom stereocenters. The Kier molecular flexibility index (Phi) is 3.71. The van der Waals surface area contributed by atoms with Gasteiger partial charge in [-0.25, -0.2) is 0 Å². The molecular formula is C15H26O. The highest BCUT2D eigenvalue weighted by molar-refractivity contribution is 5.84. The molecule has 2 fully saturated rings. The summed E-state index contributed by atoms with van der Waals surface area (Å²) < 4.78 is 0. The fourth-order valence-corrected chi connectivity index (χ4v) is 3.69. The van der Waals surface area contributed by atoms with Crippen molar-refractivity contribution in [3.05, 3.63) is 0 Å². The van der Waals surface area contributed by atoms with E-state index in [1.165, 1.54) is 51.4 Å². The fourth-order valence-electron chi connectivity index (χ4n) is 3.69. The Bertz CT molecular complexity index is 248. The lowest BCUT2D eigenvalue weighted by molar-refractivity contribution is -0.133. The quantitative estimate of drug-likeness (QED) is 0.678. The Hall–Kier alpha value is -0.330. The van der Waals surface area contributed by atoms with Crippen molar-refractivity contribution in [3.8, 4) is 0 Å². The number of Topliss-reactive ketones (excluding diaryl/α,β-unsaturated/α-hetero) is 1. The molecule has 2 aliphatic carbocycles. The van der Waals surface area contributed by atoms with E-state index in [0.29, 0.717) is 17.6 Å². The molecule has 2 rings (SSSR count). The van der Waals surface area contributed by atoms with E-state index in [9.17, 15) is 4.79 Å². The second-order valence-corrected chi connectivity index (χ2v) is 6.52. The number of rotatable bonds is 2. The molecule has 16 heavy (non-hydrogen) atoms. The van der Waals surface area contributed by atoms with Crippen LogP contribution in [-0.4, -0.2) is 5.78 Å². The van der Waals surface area contributed by atoms with E-state index in [2.05, 4.69) is 13.8 Å². The molecule has 0 amide bonds. The van der Waals surface area contributed by atoms with E-state index in [1.807, 2.05) is 0 Å². The van der Waals surface area contributed by atoms with Crippen molar-refractivity contribution in [2.45, 2.75) is 71.6 Å². The van der Waals surface area contributed by atoms with Crippen molar-refractivity contribution in [1.82, 2.24) is 0 Å². The monoisotopic (exact) mass is 222 g/mol. The minimum Gasteiger partial charge on any atom is -0.299 e. The molecule has 1 nitrogen and oxygen atoms in total. The average Bonchev–Trinajstić information content (AvgIpc) is 2.29. The maximum absolute atomic E-state index is 12.6.